The summed E-state index contributed by atoms with van der Waals surface area (Å²) in [7, 11) is 0. The van der Waals surface area contributed by atoms with E-state index in [0.29, 0.717) is 40.4 Å². The lowest BCUT2D eigenvalue weighted by Crippen LogP contribution is -2.77. The fourth-order valence-electron chi connectivity index (χ4n) is 3.29. The number of nitrogens with two attached hydrogens (primary N) is 3. The molecule has 0 saturated carbocycles. The predicted molar refractivity (Wildman–Crippen MR) is 118 cm³/mol. The molecule has 2 aromatic heterocycles. The number of aromatic nitrogens is 2. The minimum absolute atomic E-state index is 0.235. The van der Waals surface area contributed by atoms with E-state index in [2.05, 4.69) is 15.4 Å². The van der Waals surface area contributed by atoms with Crippen molar-refractivity contribution in [2.45, 2.75) is 6.54 Å². The van der Waals surface area contributed by atoms with Crippen LogP contribution in [0.3, 0.4) is 0 Å². The Bertz CT molecular complexity index is 1300. The third kappa shape index (κ3) is 4.31. The van der Waals surface area contributed by atoms with E-state index < -0.39 is 5.91 Å². The summed E-state index contributed by atoms with van der Waals surface area (Å²) in [6.45, 7) is 0.309. The summed E-state index contributed by atoms with van der Waals surface area (Å²) in [6, 6.07) is 15.3. The number of halogens is 2. The number of quaternary nitrogens is 1. The fourth-order valence-corrected chi connectivity index (χ4v) is 3.57. The highest BCUT2D eigenvalue weighted by molar-refractivity contribution is 6.34. The Morgan fingerprint density at radius 1 is 1.16 bits per heavy atom. The van der Waals surface area contributed by atoms with Gasteiger partial charge in [0.2, 0.25) is 11.7 Å². The Labute approximate surface area is 182 Å². The highest BCUT2D eigenvalue weighted by atomic mass is 35.5. The van der Waals surface area contributed by atoms with Gasteiger partial charge in [0.25, 0.3) is 0 Å². The van der Waals surface area contributed by atoms with Gasteiger partial charge in [0.05, 0.1) is 21.8 Å². The molecule has 0 unspecified atom stereocenters. The van der Waals surface area contributed by atoms with E-state index in [1.54, 1.807) is 47.9 Å². The monoisotopic (exact) mass is 437 g/mol. The number of pyridine rings is 2. The van der Waals surface area contributed by atoms with Crippen LogP contribution in [0.2, 0.25) is 5.02 Å². The Kier molecular flexibility index (Phi) is 5.77. The molecule has 0 aliphatic rings. The minimum atomic E-state index is -0.603. The molecule has 156 valence electrons. The first-order chi connectivity index (χ1) is 15.0. The Hall–Kier alpha value is -3.59. The summed E-state index contributed by atoms with van der Waals surface area (Å²) >= 11 is 6.16. The molecule has 4 aromatic rings. The van der Waals surface area contributed by atoms with Crippen LogP contribution in [0.4, 0.5) is 15.9 Å². The zero-order chi connectivity index (χ0) is 22.0. The third-order valence-corrected chi connectivity index (χ3v) is 5.21. The number of rotatable bonds is 6. The van der Waals surface area contributed by atoms with Crippen molar-refractivity contribution in [3.8, 4) is 11.3 Å². The van der Waals surface area contributed by atoms with Crippen molar-refractivity contribution >= 4 is 39.9 Å². The van der Waals surface area contributed by atoms with E-state index in [1.165, 1.54) is 6.07 Å². The van der Waals surface area contributed by atoms with Gasteiger partial charge in [-0.3, -0.25) is 20.9 Å². The van der Waals surface area contributed by atoms with Gasteiger partial charge in [-0.25, -0.2) is 4.39 Å². The molecule has 0 bridgehead atoms. The predicted octanol–water partition coefficient (Wildman–Crippen LogP) is 2.87. The summed E-state index contributed by atoms with van der Waals surface area (Å²) < 4.78 is 14.5. The maximum atomic E-state index is 14.5. The van der Waals surface area contributed by atoms with Gasteiger partial charge in [-0.2, -0.15) is 4.98 Å². The number of nitrogen functional groups attached to an aromatic ring is 1. The highest BCUT2D eigenvalue weighted by Gasteiger charge is 2.15. The molecule has 7 nitrogen and oxygen atoms in total. The van der Waals surface area contributed by atoms with Crippen molar-refractivity contribution in [3.63, 3.8) is 0 Å². The lowest BCUT2D eigenvalue weighted by Gasteiger charge is -2.10. The molecule has 2 aromatic carbocycles. The molecule has 31 heavy (non-hydrogen) atoms. The first-order valence-corrected chi connectivity index (χ1v) is 9.78. The first-order valence-electron chi connectivity index (χ1n) is 9.40. The molecule has 1 amide bonds. The van der Waals surface area contributed by atoms with Gasteiger partial charge in [0.15, 0.2) is 0 Å². The van der Waals surface area contributed by atoms with Gasteiger partial charge in [-0.15, -0.1) is 0 Å². The number of fused-ring (bicyclic) bond motifs is 1. The van der Waals surface area contributed by atoms with Crippen molar-refractivity contribution in [2.24, 2.45) is 11.6 Å². The molecule has 7 N–H and O–H groups in total. The van der Waals surface area contributed by atoms with Crippen LogP contribution < -0.4 is 22.3 Å². The largest absolute Gasteiger partial charge is 0.366 e. The van der Waals surface area contributed by atoms with E-state index in [-0.39, 0.29) is 16.4 Å². The smallest absolute Gasteiger partial charge is 0.250 e. The van der Waals surface area contributed by atoms with Crippen molar-refractivity contribution in [3.05, 3.63) is 82.8 Å². The van der Waals surface area contributed by atoms with Crippen LogP contribution in [0.1, 0.15) is 15.9 Å². The summed E-state index contributed by atoms with van der Waals surface area (Å²) in [5, 5.41) is 2.89. The average Bonchev–Trinajstić information content (AvgIpc) is 2.77. The average molecular weight is 438 g/mol. The van der Waals surface area contributed by atoms with Crippen molar-refractivity contribution < 1.29 is 14.5 Å². The second-order valence-electron chi connectivity index (χ2n) is 6.88. The van der Waals surface area contributed by atoms with Gasteiger partial charge in [-0.05, 0) is 36.4 Å². The fraction of sp³-hybridized carbons (Fsp3) is 0.0455. The minimum Gasteiger partial charge on any atom is -0.366 e. The normalized spacial score (nSPS) is 10.9. The number of benzene rings is 2. The standard InChI is InChI=1S/C22H18ClFN6O/c23-16-9-13(3-4-15(16)21(25)31)18-5-6-19(30-26)22(29-18)28-11-14-8-12-2-1-7-27-20(12)10-17(14)24/h1-10,30H,11,26H2,(H2,25,31)(H,28,29)/p+1. The summed E-state index contributed by atoms with van der Waals surface area (Å²) in [4.78, 5) is 20.2. The Morgan fingerprint density at radius 3 is 2.74 bits per heavy atom. The number of primary amides is 1. The SMILES string of the molecule is NNc1ccc(-c2ccc(C(N)=O)c(Cl)c2)nc1[NH2+]Cc1cc2cccnc2cc1F. The number of hydrogen-bond acceptors (Lipinski definition) is 5. The van der Waals surface area contributed by atoms with E-state index in [0.717, 1.165) is 5.39 Å². The molecular formula is C22H19ClFN6O+. The molecule has 4 rings (SSSR count). The molecule has 0 saturated heterocycles. The highest BCUT2D eigenvalue weighted by Crippen LogP contribution is 2.27. The zero-order valence-electron chi connectivity index (χ0n) is 16.3. The quantitative estimate of drug-likeness (QED) is 0.273. The molecule has 0 radical (unpaired) electrons. The molecule has 0 aliphatic heterocycles. The zero-order valence-corrected chi connectivity index (χ0v) is 17.0. The second-order valence-corrected chi connectivity index (χ2v) is 7.29. The topological polar surface area (TPSA) is 124 Å². The molecular weight excluding hydrogens is 419 g/mol. The number of anilines is 1. The number of carbonyl (C=O) groups is 1. The van der Waals surface area contributed by atoms with Crippen molar-refractivity contribution in [2.75, 3.05) is 5.43 Å². The molecule has 2 heterocycles. The lowest BCUT2D eigenvalue weighted by molar-refractivity contribution is -0.591. The van der Waals surface area contributed by atoms with Crippen molar-refractivity contribution in [1.29, 1.82) is 0 Å². The van der Waals surface area contributed by atoms with Crippen LogP contribution in [0.5, 0.6) is 0 Å². The number of hydrogen-bond donors (Lipinski definition) is 4. The van der Waals surface area contributed by atoms with Crippen LogP contribution >= 0.6 is 11.6 Å². The number of carbonyl (C=O) groups excluding carboxylic acids is 1. The molecule has 0 fully saturated rings. The van der Waals surface area contributed by atoms with E-state index in [1.807, 2.05) is 12.1 Å². The van der Waals surface area contributed by atoms with Gasteiger partial charge < -0.3 is 11.2 Å². The number of nitrogens with zero attached hydrogens (tertiary/aromatic N) is 2. The lowest BCUT2D eigenvalue weighted by atomic mass is 10.1. The molecule has 0 atom stereocenters. The number of amides is 1. The van der Waals surface area contributed by atoms with Crippen molar-refractivity contribution in [1.82, 2.24) is 9.97 Å². The van der Waals surface area contributed by atoms with E-state index >= 15 is 0 Å². The van der Waals surface area contributed by atoms with Crippen LogP contribution in [0.25, 0.3) is 22.2 Å². The Balaban J connectivity index is 1.64. The second kappa shape index (κ2) is 8.65. The van der Waals surface area contributed by atoms with Crippen LogP contribution in [0.15, 0.2) is 60.8 Å². The number of nitrogens with one attached hydrogen (secondary N) is 1. The molecule has 0 spiro atoms. The summed E-state index contributed by atoms with van der Waals surface area (Å²) in [6.07, 6.45) is 1.63. The first kappa shape index (κ1) is 20.7. The van der Waals surface area contributed by atoms with Gasteiger partial charge in [0, 0.05) is 28.8 Å². The van der Waals surface area contributed by atoms with Crippen LogP contribution in [-0.2, 0) is 6.54 Å². The van der Waals surface area contributed by atoms with Crippen LogP contribution in [0, 0.1) is 5.82 Å². The van der Waals surface area contributed by atoms with E-state index in [9.17, 15) is 9.18 Å². The van der Waals surface area contributed by atoms with E-state index in [4.69, 9.17) is 23.2 Å². The maximum Gasteiger partial charge on any atom is 0.250 e. The maximum absolute atomic E-state index is 14.5. The summed E-state index contributed by atoms with van der Waals surface area (Å²) in [5.74, 6) is 5.24. The van der Waals surface area contributed by atoms with Crippen LogP contribution in [-0.4, -0.2) is 15.9 Å². The van der Waals surface area contributed by atoms with Gasteiger partial charge >= 0.3 is 0 Å². The Morgan fingerprint density at radius 2 is 2.00 bits per heavy atom. The third-order valence-electron chi connectivity index (χ3n) is 4.90. The molecule has 0 aliphatic carbocycles. The number of hydrazine groups is 1. The van der Waals surface area contributed by atoms with Gasteiger partial charge in [-0.1, -0.05) is 23.7 Å². The summed E-state index contributed by atoms with van der Waals surface area (Å²) in [5.41, 5.74) is 11.2. The molecule has 9 heteroatoms. The van der Waals surface area contributed by atoms with Gasteiger partial charge in [0.1, 0.15) is 18.0 Å².